The molecule has 5 rings (SSSR count). The van der Waals surface area contributed by atoms with Crippen molar-refractivity contribution in [3.63, 3.8) is 0 Å². The van der Waals surface area contributed by atoms with Gasteiger partial charge < -0.3 is 15.5 Å². The predicted molar refractivity (Wildman–Crippen MR) is 113 cm³/mol. The first-order valence-electron chi connectivity index (χ1n) is 9.70. The third-order valence-corrected chi connectivity index (χ3v) is 5.83. The second kappa shape index (κ2) is 7.04. The van der Waals surface area contributed by atoms with Crippen molar-refractivity contribution >= 4 is 22.8 Å². The lowest BCUT2D eigenvalue weighted by atomic mass is 10.2. The fraction of sp³-hybridized carbons (Fsp3) is 0.333. The zero-order valence-electron chi connectivity index (χ0n) is 16.0. The van der Waals surface area contributed by atoms with Crippen molar-refractivity contribution in [3.05, 3.63) is 59.8 Å². The molecule has 7 nitrogen and oxygen atoms in total. The largest absolute Gasteiger partial charge is 0.355 e. The molecule has 3 heterocycles. The monoisotopic (exact) mass is 398 g/mol. The Morgan fingerprint density at radius 1 is 1.21 bits per heavy atom. The number of benzene rings is 1. The first-order valence-corrected chi connectivity index (χ1v) is 9.70. The number of hydrogen-bond acceptors (Lipinski definition) is 6. The van der Waals surface area contributed by atoms with Crippen LogP contribution in [-0.2, 0) is 6.54 Å². The minimum Gasteiger partial charge on any atom is -0.355 e. The number of anilines is 1. The Morgan fingerprint density at radius 3 is 2.69 bits per heavy atom. The second-order valence-electron chi connectivity index (χ2n) is 7.63. The summed E-state index contributed by atoms with van der Waals surface area (Å²) in [5.74, 6) is 1.40. The molecular weight excluding hydrogens is 371 g/mol. The molecule has 1 aliphatic heterocycles. The molecule has 1 amide bonds. The number of hydrogen-bond donors (Lipinski definition) is 2. The SMILES string of the molecule is CNC(=O)c1cnc(N2C[C@@H]3C(NCc4ccc5cc(F)ccc5n4)[C@@H]3C2)nc1.[HH].[HH].[HH]. The Hall–Kier alpha value is -3.13. The van der Waals surface area contributed by atoms with Gasteiger partial charge in [-0.3, -0.25) is 9.78 Å². The van der Waals surface area contributed by atoms with E-state index in [1.54, 1.807) is 25.5 Å². The first-order chi connectivity index (χ1) is 14.1. The van der Waals surface area contributed by atoms with E-state index in [1.165, 1.54) is 12.1 Å². The summed E-state index contributed by atoms with van der Waals surface area (Å²) >= 11 is 0. The van der Waals surface area contributed by atoms with Gasteiger partial charge in [-0.1, -0.05) is 6.07 Å². The Labute approximate surface area is 171 Å². The van der Waals surface area contributed by atoms with Gasteiger partial charge in [0.1, 0.15) is 5.82 Å². The number of pyridine rings is 1. The quantitative estimate of drug-likeness (QED) is 0.687. The number of amides is 1. The van der Waals surface area contributed by atoms with Gasteiger partial charge in [0.15, 0.2) is 0 Å². The van der Waals surface area contributed by atoms with E-state index in [2.05, 4.69) is 30.5 Å². The van der Waals surface area contributed by atoms with Crippen molar-refractivity contribution in [2.75, 3.05) is 25.0 Å². The van der Waals surface area contributed by atoms with Gasteiger partial charge in [-0.15, -0.1) is 0 Å². The molecule has 1 unspecified atom stereocenters. The summed E-state index contributed by atoms with van der Waals surface area (Å²) in [7, 11) is 1.59. The summed E-state index contributed by atoms with van der Waals surface area (Å²) in [5.41, 5.74) is 2.23. The molecule has 2 aromatic heterocycles. The number of fused-ring (bicyclic) bond motifs is 2. The number of carbonyl (C=O) groups is 1. The van der Waals surface area contributed by atoms with E-state index in [9.17, 15) is 9.18 Å². The van der Waals surface area contributed by atoms with Gasteiger partial charge in [0.25, 0.3) is 5.91 Å². The Kier molecular flexibility index (Phi) is 4.35. The van der Waals surface area contributed by atoms with Gasteiger partial charge in [-0.05, 0) is 36.1 Å². The fourth-order valence-electron chi connectivity index (χ4n) is 4.20. The van der Waals surface area contributed by atoms with Crippen molar-refractivity contribution in [1.29, 1.82) is 0 Å². The highest BCUT2D eigenvalue weighted by Gasteiger charge is 2.55. The van der Waals surface area contributed by atoms with Crippen molar-refractivity contribution in [2.24, 2.45) is 11.8 Å². The van der Waals surface area contributed by atoms with Gasteiger partial charge in [-0.25, -0.2) is 14.4 Å². The topological polar surface area (TPSA) is 83.0 Å². The molecule has 8 heteroatoms. The molecule has 0 radical (unpaired) electrons. The van der Waals surface area contributed by atoms with Gasteiger partial charge in [0.2, 0.25) is 5.95 Å². The smallest absolute Gasteiger partial charge is 0.254 e. The number of aromatic nitrogens is 3. The van der Waals surface area contributed by atoms with Gasteiger partial charge >= 0.3 is 0 Å². The molecule has 2 fully saturated rings. The molecule has 2 aliphatic rings. The lowest BCUT2D eigenvalue weighted by molar-refractivity contribution is 0.0962. The minimum absolute atomic E-state index is 0. The summed E-state index contributed by atoms with van der Waals surface area (Å²) < 4.78 is 13.3. The number of halogens is 1. The number of rotatable bonds is 5. The molecule has 3 atom stereocenters. The zero-order chi connectivity index (χ0) is 20.0. The summed E-state index contributed by atoms with van der Waals surface area (Å²) in [6, 6.07) is 8.99. The van der Waals surface area contributed by atoms with Crippen LogP contribution >= 0.6 is 0 Å². The molecule has 1 aliphatic carbocycles. The third-order valence-electron chi connectivity index (χ3n) is 5.83. The van der Waals surface area contributed by atoms with E-state index in [0.717, 1.165) is 29.7 Å². The fourth-order valence-corrected chi connectivity index (χ4v) is 4.20. The minimum atomic E-state index is -0.243. The summed E-state index contributed by atoms with van der Waals surface area (Å²) in [6.45, 7) is 2.51. The normalized spacial score (nSPS) is 22.6. The molecule has 3 aromatic rings. The van der Waals surface area contributed by atoms with Crippen LogP contribution in [0.1, 0.15) is 20.3 Å². The molecular formula is C21H27FN6O. The van der Waals surface area contributed by atoms with Crippen LogP contribution in [0.4, 0.5) is 10.3 Å². The van der Waals surface area contributed by atoms with E-state index in [-0.39, 0.29) is 16.0 Å². The van der Waals surface area contributed by atoms with Crippen LogP contribution in [0, 0.1) is 17.7 Å². The van der Waals surface area contributed by atoms with Crippen LogP contribution in [0.2, 0.25) is 0 Å². The average Bonchev–Trinajstić information content (AvgIpc) is 3.20. The standard InChI is InChI=1S/C21H21FN6O.3H2/c1-23-20(29)13-7-25-21(26-8-13)28-10-16-17(11-28)19(16)24-9-15-4-2-12-6-14(22)3-5-18(12)27-15;;;/h2-8,16-17,19,24H,9-11H2,1H3,(H,23,29);3*1H/t16-,17+,19?;;;. The van der Waals surface area contributed by atoms with Crippen LogP contribution in [0.25, 0.3) is 10.9 Å². The lowest BCUT2D eigenvalue weighted by Crippen LogP contribution is -2.32. The van der Waals surface area contributed by atoms with Crippen LogP contribution in [-0.4, -0.2) is 47.0 Å². The zero-order valence-corrected chi connectivity index (χ0v) is 16.0. The van der Waals surface area contributed by atoms with Crippen LogP contribution in [0.3, 0.4) is 0 Å². The third kappa shape index (κ3) is 3.40. The van der Waals surface area contributed by atoms with Crippen LogP contribution < -0.4 is 15.5 Å². The Balaban J connectivity index is 0.00000121. The first kappa shape index (κ1) is 17.9. The van der Waals surface area contributed by atoms with Crippen LogP contribution in [0.15, 0.2) is 42.7 Å². The highest BCUT2D eigenvalue weighted by molar-refractivity contribution is 5.93. The van der Waals surface area contributed by atoms with Crippen molar-refractivity contribution in [2.45, 2.75) is 12.6 Å². The van der Waals surface area contributed by atoms with E-state index >= 15 is 0 Å². The average molecular weight is 398 g/mol. The van der Waals surface area contributed by atoms with Crippen molar-refractivity contribution < 1.29 is 13.5 Å². The maximum Gasteiger partial charge on any atom is 0.254 e. The molecule has 0 bridgehead atoms. The number of carbonyl (C=O) groups excluding carboxylic acids is 1. The van der Waals surface area contributed by atoms with E-state index in [1.807, 2.05) is 12.1 Å². The Bertz CT molecular complexity index is 1070. The Morgan fingerprint density at radius 2 is 1.97 bits per heavy atom. The van der Waals surface area contributed by atoms with Crippen molar-refractivity contribution in [3.8, 4) is 0 Å². The number of nitrogens with one attached hydrogen (secondary N) is 2. The lowest BCUT2D eigenvalue weighted by Gasteiger charge is -2.20. The summed E-state index contributed by atoms with van der Waals surface area (Å²) in [5, 5.41) is 6.98. The van der Waals surface area contributed by atoms with Gasteiger partial charge in [-0.2, -0.15) is 0 Å². The predicted octanol–water partition coefficient (Wildman–Crippen LogP) is 2.49. The molecule has 154 valence electrons. The number of nitrogens with zero attached hydrogens (tertiary/aromatic N) is 4. The van der Waals surface area contributed by atoms with E-state index < -0.39 is 0 Å². The van der Waals surface area contributed by atoms with Crippen LogP contribution in [0.5, 0.6) is 0 Å². The molecule has 1 saturated heterocycles. The van der Waals surface area contributed by atoms with Gasteiger partial charge in [0.05, 0.1) is 16.8 Å². The molecule has 0 spiro atoms. The molecule has 1 saturated carbocycles. The molecule has 29 heavy (non-hydrogen) atoms. The van der Waals surface area contributed by atoms with E-state index in [4.69, 9.17) is 0 Å². The highest BCUT2D eigenvalue weighted by atomic mass is 19.1. The van der Waals surface area contributed by atoms with Gasteiger partial charge in [0, 0.05) is 54.8 Å². The van der Waals surface area contributed by atoms with Crippen molar-refractivity contribution in [1.82, 2.24) is 25.6 Å². The van der Waals surface area contributed by atoms with E-state index in [0.29, 0.717) is 35.9 Å². The number of piperidine rings is 1. The summed E-state index contributed by atoms with van der Waals surface area (Å²) in [6.07, 6.45) is 3.14. The maximum atomic E-state index is 13.3. The highest BCUT2D eigenvalue weighted by Crippen LogP contribution is 2.46. The summed E-state index contributed by atoms with van der Waals surface area (Å²) in [4.78, 5) is 27.0. The maximum absolute atomic E-state index is 13.3. The molecule has 1 aromatic carbocycles. The molecule has 2 N–H and O–H groups in total. The second-order valence-corrected chi connectivity index (χ2v) is 7.63.